The number of aromatic nitrogens is 2. The fourth-order valence-electron chi connectivity index (χ4n) is 3.07. The van der Waals surface area contributed by atoms with Gasteiger partial charge in [0.1, 0.15) is 5.82 Å². The highest BCUT2D eigenvalue weighted by Gasteiger charge is 2.27. The van der Waals surface area contributed by atoms with E-state index >= 15 is 0 Å². The molecule has 0 fully saturated rings. The number of nitrogens with zero attached hydrogens (tertiary/aromatic N) is 2. The predicted octanol–water partition coefficient (Wildman–Crippen LogP) is 4.03. The first-order valence-corrected chi connectivity index (χ1v) is 8.66. The summed E-state index contributed by atoms with van der Waals surface area (Å²) in [5.74, 6) is 1.46. The molecule has 1 heterocycles. The van der Waals surface area contributed by atoms with Crippen LogP contribution in [0.4, 0.5) is 0 Å². The highest BCUT2D eigenvalue weighted by molar-refractivity contribution is 14.1. The van der Waals surface area contributed by atoms with Crippen molar-refractivity contribution in [3.8, 4) is 0 Å². The van der Waals surface area contributed by atoms with Crippen molar-refractivity contribution >= 4 is 22.6 Å². The lowest BCUT2D eigenvalue weighted by Crippen LogP contribution is -2.16. The number of hydrogen-bond donors (Lipinski definition) is 1. The first-order chi connectivity index (χ1) is 10.1. The van der Waals surface area contributed by atoms with E-state index in [1.807, 2.05) is 0 Å². The van der Waals surface area contributed by atoms with Crippen molar-refractivity contribution < 1.29 is 5.11 Å². The molecule has 3 nitrogen and oxygen atoms in total. The van der Waals surface area contributed by atoms with Crippen LogP contribution in [0.25, 0.3) is 0 Å². The Labute approximate surface area is 139 Å². The highest BCUT2D eigenvalue weighted by atomic mass is 127. The smallest absolute Gasteiger partial charge is 0.112 e. The van der Waals surface area contributed by atoms with Crippen molar-refractivity contribution in [2.24, 2.45) is 0 Å². The Morgan fingerprint density at radius 3 is 2.71 bits per heavy atom. The van der Waals surface area contributed by atoms with E-state index in [1.54, 1.807) is 0 Å². The zero-order chi connectivity index (χ0) is 15.0. The van der Waals surface area contributed by atoms with Crippen LogP contribution >= 0.6 is 22.6 Å². The van der Waals surface area contributed by atoms with Crippen molar-refractivity contribution in [2.75, 3.05) is 0 Å². The topological polar surface area (TPSA) is 38.0 Å². The number of aliphatic hydroxyl groups excluding tert-OH is 1. The van der Waals surface area contributed by atoms with Crippen molar-refractivity contribution in [1.82, 2.24) is 9.55 Å². The molecule has 112 valence electrons. The molecule has 0 amide bonds. The Bertz CT molecular complexity index is 631. The molecular formula is C17H21IN2O. The molecule has 21 heavy (non-hydrogen) atoms. The minimum atomic E-state index is -0.363. The second kappa shape index (κ2) is 6.08. The summed E-state index contributed by atoms with van der Waals surface area (Å²) in [6, 6.07) is 8.58. The Morgan fingerprint density at radius 2 is 2.05 bits per heavy atom. The fraction of sp³-hybridized carbons (Fsp3) is 0.471. The zero-order valence-corrected chi connectivity index (χ0v) is 14.7. The maximum absolute atomic E-state index is 10.4. The van der Waals surface area contributed by atoms with E-state index in [4.69, 9.17) is 4.98 Å². The molecule has 1 aliphatic rings. The number of aliphatic hydroxyl groups is 1. The van der Waals surface area contributed by atoms with Gasteiger partial charge in [0.25, 0.3) is 0 Å². The SMILES string of the molecule is CC(C)c1nc2c(n1Cc1ccc(I)cc1)C(O)CCC2. The summed E-state index contributed by atoms with van der Waals surface area (Å²) in [5, 5.41) is 10.4. The molecule has 0 saturated carbocycles. The zero-order valence-electron chi connectivity index (χ0n) is 12.5. The molecule has 2 aromatic rings. The standard InChI is InChI=1S/C17H21IN2O/c1-11(2)17-19-14-4-3-5-15(21)16(14)20(17)10-12-6-8-13(18)9-7-12/h6-9,11,15,21H,3-5,10H2,1-2H3. The third kappa shape index (κ3) is 3.01. The molecule has 1 unspecified atom stereocenters. The largest absolute Gasteiger partial charge is 0.387 e. The second-order valence-corrected chi connectivity index (χ2v) is 7.32. The first kappa shape index (κ1) is 15.0. The van der Waals surface area contributed by atoms with Crippen LogP contribution in [0.1, 0.15) is 61.5 Å². The molecule has 0 bridgehead atoms. The van der Waals surface area contributed by atoms with E-state index < -0.39 is 0 Å². The lowest BCUT2D eigenvalue weighted by molar-refractivity contribution is 0.147. The Morgan fingerprint density at radius 1 is 1.33 bits per heavy atom. The van der Waals surface area contributed by atoms with Gasteiger partial charge < -0.3 is 9.67 Å². The van der Waals surface area contributed by atoms with Crippen LogP contribution in [0.2, 0.25) is 0 Å². The van der Waals surface area contributed by atoms with Crippen LogP contribution in [0, 0.1) is 3.57 Å². The molecule has 4 heteroatoms. The number of benzene rings is 1. The number of hydrogen-bond acceptors (Lipinski definition) is 2. The normalized spacial score (nSPS) is 18.0. The van der Waals surface area contributed by atoms with Gasteiger partial charge in [-0.3, -0.25) is 0 Å². The van der Waals surface area contributed by atoms with Crippen LogP contribution < -0.4 is 0 Å². The first-order valence-electron chi connectivity index (χ1n) is 7.58. The lowest BCUT2D eigenvalue weighted by Gasteiger charge is -2.21. The molecule has 1 atom stereocenters. The molecule has 1 aromatic carbocycles. The lowest BCUT2D eigenvalue weighted by atomic mass is 9.98. The van der Waals surface area contributed by atoms with Crippen LogP contribution in [-0.4, -0.2) is 14.7 Å². The van der Waals surface area contributed by atoms with Gasteiger partial charge in [-0.25, -0.2) is 4.98 Å². The monoisotopic (exact) mass is 396 g/mol. The Hall–Kier alpha value is -0.880. The summed E-state index contributed by atoms with van der Waals surface area (Å²) in [6.45, 7) is 5.14. The van der Waals surface area contributed by atoms with E-state index in [1.165, 1.54) is 9.13 Å². The van der Waals surface area contributed by atoms with Crippen LogP contribution in [0.3, 0.4) is 0 Å². The van der Waals surface area contributed by atoms with Gasteiger partial charge in [0.15, 0.2) is 0 Å². The van der Waals surface area contributed by atoms with Gasteiger partial charge in [-0.2, -0.15) is 0 Å². The minimum absolute atomic E-state index is 0.363. The molecule has 1 aromatic heterocycles. The van der Waals surface area contributed by atoms with Crippen LogP contribution in [-0.2, 0) is 13.0 Å². The summed E-state index contributed by atoms with van der Waals surface area (Å²) in [6.07, 6.45) is 2.51. The third-order valence-corrected chi connectivity index (χ3v) is 4.81. The summed E-state index contributed by atoms with van der Waals surface area (Å²) in [4.78, 5) is 4.82. The molecule has 0 saturated heterocycles. The quantitative estimate of drug-likeness (QED) is 0.796. The van der Waals surface area contributed by atoms with Gasteiger partial charge in [-0.15, -0.1) is 0 Å². The van der Waals surface area contributed by atoms with E-state index in [-0.39, 0.29) is 6.10 Å². The van der Waals surface area contributed by atoms with Crippen LogP contribution in [0.15, 0.2) is 24.3 Å². The average Bonchev–Trinajstić information content (AvgIpc) is 2.82. The van der Waals surface area contributed by atoms with Gasteiger partial charge in [-0.1, -0.05) is 26.0 Å². The number of imidazole rings is 1. The van der Waals surface area contributed by atoms with E-state index in [9.17, 15) is 5.11 Å². The molecular weight excluding hydrogens is 375 g/mol. The second-order valence-electron chi connectivity index (χ2n) is 6.08. The molecule has 0 radical (unpaired) electrons. The van der Waals surface area contributed by atoms with Gasteiger partial charge in [0, 0.05) is 16.0 Å². The highest BCUT2D eigenvalue weighted by Crippen LogP contribution is 2.32. The third-order valence-electron chi connectivity index (χ3n) is 4.09. The van der Waals surface area contributed by atoms with E-state index in [0.29, 0.717) is 5.92 Å². The van der Waals surface area contributed by atoms with Crippen LogP contribution in [0.5, 0.6) is 0 Å². The van der Waals surface area contributed by atoms with Gasteiger partial charge in [-0.05, 0) is 59.5 Å². The number of aryl methyl sites for hydroxylation is 1. The molecule has 0 aliphatic heterocycles. The minimum Gasteiger partial charge on any atom is -0.387 e. The summed E-state index contributed by atoms with van der Waals surface area (Å²) in [5.41, 5.74) is 3.40. The maximum Gasteiger partial charge on any atom is 0.112 e. The Balaban J connectivity index is 2.03. The average molecular weight is 396 g/mol. The molecule has 3 rings (SSSR count). The van der Waals surface area contributed by atoms with Crippen molar-refractivity contribution in [3.63, 3.8) is 0 Å². The number of fused-ring (bicyclic) bond motifs is 1. The van der Waals surface area contributed by atoms with E-state index in [0.717, 1.165) is 43.0 Å². The molecule has 0 spiro atoms. The molecule has 1 N–H and O–H groups in total. The number of rotatable bonds is 3. The fourth-order valence-corrected chi connectivity index (χ4v) is 3.43. The predicted molar refractivity (Wildman–Crippen MR) is 92.5 cm³/mol. The maximum atomic E-state index is 10.4. The van der Waals surface area contributed by atoms with Gasteiger partial charge >= 0.3 is 0 Å². The van der Waals surface area contributed by atoms with Crippen molar-refractivity contribution in [2.45, 2.75) is 51.7 Å². The van der Waals surface area contributed by atoms with Crippen molar-refractivity contribution in [1.29, 1.82) is 0 Å². The summed E-state index contributed by atoms with van der Waals surface area (Å²) < 4.78 is 3.49. The van der Waals surface area contributed by atoms with E-state index in [2.05, 4.69) is 65.3 Å². The summed E-state index contributed by atoms with van der Waals surface area (Å²) >= 11 is 2.32. The van der Waals surface area contributed by atoms with Crippen molar-refractivity contribution in [3.05, 3.63) is 50.6 Å². The van der Waals surface area contributed by atoms with Gasteiger partial charge in [0.2, 0.25) is 0 Å². The summed E-state index contributed by atoms with van der Waals surface area (Å²) in [7, 11) is 0. The number of halogens is 1. The Kier molecular flexibility index (Phi) is 4.36. The van der Waals surface area contributed by atoms with Gasteiger partial charge in [0.05, 0.1) is 17.5 Å². The molecule has 1 aliphatic carbocycles.